The van der Waals surface area contributed by atoms with Crippen molar-refractivity contribution in [3.05, 3.63) is 0 Å². The number of carboxylic acid groups (broad SMARTS) is 1. The first kappa shape index (κ1) is 11.5. The van der Waals surface area contributed by atoms with Crippen LogP contribution in [0.3, 0.4) is 0 Å². The van der Waals surface area contributed by atoms with Crippen molar-refractivity contribution in [3.63, 3.8) is 0 Å². The molecule has 2 nitrogen and oxygen atoms in total. The first-order valence-corrected chi connectivity index (χ1v) is 4.65. The van der Waals surface area contributed by atoms with Crippen LogP contribution in [0.2, 0.25) is 0 Å². The smallest absolute Gasteiger partial charge is 0.303 e. The van der Waals surface area contributed by atoms with Crippen LogP contribution in [0, 0.1) is 17.8 Å². The van der Waals surface area contributed by atoms with Crippen molar-refractivity contribution in [2.45, 2.75) is 40.5 Å². The van der Waals surface area contributed by atoms with Gasteiger partial charge in [0.25, 0.3) is 0 Å². The van der Waals surface area contributed by atoms with E-state index in [0.717, 1.165) is 6.42 Å². The summed E-state index contributed by atoms with van der Waals surface area (Å²) in [5, 5.41) is 8.65. The zero-order valence-electron chi connectivity index (χ0n) is 8.50. The van der Waals surface area contributed by atoms with E-state index in [1.165, 1.54) is 0 Å². The van der Waals surface area contributed by atoms with Gasteiger partial charge in [0.15, 0.2) is 0 Å². The Labute approximate surface area is 75.0 Å². The van der Waals surface area contributed by atoms with Gasteiger partial charge in [0, 0.05) is 6.42 Å². The van der Waals surface area contributed by atoms with Gasteiger partial charge in [0.1, 0.15) is 0 Å². The van der Waals surface area contributed by atoms with Gasteiger partial charge in [0.05, 0.1) is 0 Å². The second kappa shape index (κ2) is 5.18. The topological polar surface area (TPSA) is 37.3 Å². The van der Waals surface area contributed by atoms with Crippen LogP contribution in [0.5, 0.6) is 0 Å². The van der Waals surface area contributed by atoms with E-state index in [1.54, 1.807) is 0 Å². The van der Waals surface area contributed by atoms with E-state index < -0.39 is 5.97 Å². The van der Waals surface area contributed by atoms with E-state index in [0.29, 0.717) is 24.2 Å². The van der Waals surface area contributed by atoms with Gasteiger partial charge < -0.3 is 5.11 Å². The maximum atomic E-state index is 10.5. The summed E-state index contributed by atoms with van der Waals surface area (Å²) in [5.74, 6) is 0.733. The third-order valence-corrected chi connectivity index (χ3v) is 2.15. The van der Waals surface area contributed by atoms with Gasteiger partial charge in [-0.1, -0.05) is 27.7 Å². The highest BCUT2D eigenvalue weighted by atomic mass is 16.4. The van der Waals surface area contributed by atoms with Crippen LogP contribution < -0.4 is 0 Å². The number of aliphatic carboxylic acids is 1. The monoisotopic (exact) mass is 172 g/mol. The molecule has 0 bridgehead atoms. The third-order valence-electron chi connectivity index (χ3n) is 2.15. The molecule has 0 saturated heterocycles. The van der Waals surface area contributed by atoms with Crippen LogP contribution >= 0.6 is 0 Å². The molecule has 2 heteroatoms. The summed E-state index contributed by atoms with van der Waals surface area (Å²) in [5.41, 5.74) is 0. The lowest BCUT2D eigenvalue weighted by molar-refractivity contribution is -0.138. The van der Waals surface area contributed by atoms with Crippen molar-refractivity contribution in [1.82, 2.24) is 0 Å². The minimum atomic E-state index is -0.672. The molecule has 0 spiro atoms. The SMILES string of the molecule is CC(C)CC(CC(=O)O)C(C)C. The van der Waals surface area contributed by atoms with E-state index in [4.69, 9.17) is 5.11 Å². The quantitative estimate of drug-likeness (QED) is 0.692. The predicted octanol–water partition coefficient (Wildman–Crippen LogP) is 2.78. The fraction of sp³-hybridized carbons (Fsp3) is 0.900. The zero-order valence-corrected chi connectivity index (χ0v) is 8.50. The molecule has 0 aromatic heterocycles. The van der Waals surface area contributed by atoms with Crippen molar-refractivity contribution in [2.24, 2.45) is 17.8 Å². The van der Waals surface area contributed by atoms with E-state index in [9.17, 15) is 4.79 Å². The normalized spacial score (nSPS) is 13.8. The molecule has 72 valence electrons. The third kappa shape index (κ3) is 5.16. The van der Waals surface area contributed by atoms with E-state index >= 15 is 0 Å². The predicted molar refractivity (Wildman–Crippen MR) is 50.0 cm³/mol. The summed E-state index contributed by atoms with van der Waals surface area (Å²) in [6, 6.07) is 0. The number of rotatable bonds is 5. The molecule has 0 aromatic carbocycles. The zero-order chi connectivity index (χ0) is 9.72. The minimum Gasteiger partial charge on any atom is -0.481 e. The lowest BCUT2D eigenvalue weighted by atomic mass is 9.85. The standard InChI is InChI=1S/C10H20O2/c1-7(2)5-9(8(3)4)6-10(11)12/h7-9H,5-6H2,1-4H3,(H,11,12). The van der Waals surface area contributed by atoms with Gasteiger partial charge in [-0.2, -0.15) is 0 Å². The van der Waals surface area contributed by atoms with Crippen molar-refractivity contribution in [2.75, 3.05) is 0 Å². The van der Waals surface area contributed by atoms with Gasteiger partial charge >= 0.3 is 5.97 Å². The number of carbonyl (C=O) groups is 1. The highest BCUT2D eigenvalue weighted by molar-refractivity contribution is 5.67. The molecule has 0 aliphatic carbocycles. The molecule has 0 fully saturated rings. The van der Waals surface area contributed by atoms with Gasteiger partial charge in [-0.05, 0) is 24.2 Å². The second-order valence-electron chi connectivity index (χ2n) is 4.23. The molecule has 0 amide bonds. The van der Waals surface area contributed by atoms with Crippen LogP contribution in [0.15, 0.2) is 0 Å². The molecule has 1 unspecified atom stereocenters. The van der Waals surface area contributed by atoms with Gasteiger partial charge in [-0.15, -0.1) is 0 Å². The van der Waals surface area contributed by atoms with Crippen molar-refractivity contribution < 1.29 is 9.90 Å². The van der Waals surface area contributed by atoms with Crippen LogP contribution in [0.25, 0.3) is 0 Å². The Morgan fingerprint density at radius 1 is 1.25 bits per heavy atom. The Kier molecular flexibility index (Phi) is 4.95. The maximum Gasteiger partial charge on any atom is 0.303 e. The lowest BCUT2D eigenvalue weighted by Gasteiger charge is -2.20. The Morgan fingerprint density at radius 3 is 2.00 bits per heavy atom. The molecule has 0 aromatic rings. The van der Waals surface area contributed by atoms with Crippen LogP contribution in [0.1, 0.15) is 40.5 Å². The average molecular weight is 172 g/mol. The average Bonchev–Trinajstić information content (AvgIpc) is 1.83. The molecule has 0 heterocycles. The Balaban J connectivity index is 3.95. The van der Waals surface area contributed by atoms with Gasteiger partial charge in [0.2, 0.25) is 0 Å². The Hall–Kier alpha value is -0.530. The molecule has 0 aliphatic rings. The minimum absolute atomic E-state index is 0.315. The van der Waals surface area contributed by atoms with Crippen LogP contribution in [-0.2, 0) is 4.79 Å². The van der Waals surface area contributed by atoms with Gasteiger partial charge in [-0.3, -0.25) is 4.79 Å². The highest BCUT2D eigenvalue weighted by Crippen LogP contribution is 2.23. The maximum absolute atomic E-state index is 10.5. The van der Waals surface area contributed by atoms with E-state index in [2.05, 4.69) is 27.7 Å². The van der Waals surface area contributed by atoms with E-state index in [1.807, 2.05) is 0 Å². The van der Waals surface area contributed by atoms with Gasteiger partial charge in [-0.25, -0.2) is 0 Å². The summed E-state index contributed by atoms with van der Waals surface area (Å²) >= 11 is 0. The van der Waals surface area contributed by atoms with Crippen molar-refractivity contribution >= 4 is 5.97 Å². The summed E-state index contributed by atoms with van der Waals surface area (Å²) < 4.78 is 0. The number of hydrogen-bond acceptors (Lipinski definition) is 1. The Bertz CT molecular complexity index is 139. The molecule has 0 aliphatic heterocycles. The fourth-order valence-corrected chi connectivity index (χ4v) is 1.42. The largest absolute Gasteiger partial charge is 0.481 e. The Morgan fingerprint density at radius 2 is 1.75 bits per heavy atom. The van der Waals surface area contributed by atoms with Crippen molar-refractivity contribution in [3.8, 4) is 0 Å². The number of hydrogen-bond donors (Lipinski definition) is 1. The molecule has 0 rings (SSSR count). The summed E-state index contributed by atoms with van der Waals surface area (Å²) in [6.45, 7) is 8.46. The molecule has 1 atom stereocenters. The molecule has 0 saturated carbocycles. The molecule has 12 heavy (non-hydrogen) atoms. The molecule has 1 N–H and O–H groups in total. The molecular formula is C10H20O2. The highest BCUT2D eigenvalue weighted by Gasteiger charge is 2.17. The summed E-state index contributed by atoms with van der Waals surface area (Å²) in [4.78, 5) is 10.5. The van der Waals surface area contributed by atoms with Crippen molar-refractivity contribution in [1.29, 1.82) is 0 Å². The van der Waals surface area contributed by atoms with E-state index in [-0.39, 0.29) is 0 Å². The first-order valence-electron chi connectivity index (χ1n) is 4.65. The number of carboxylic acids is 1. The molecular weight excluding hydrogens is 152 g/mol. The summed E-state index contributed by atoms with van der Waals surface area (Å²) in [6.07, 6.45) is 1.33. The summed E-state index contributed by atoms with van der Waals surface area (Å²) in [7, 11) is 0. The van der Waals surface area contributed by atoms with Crippen LogP contribution in [0.4, 0.5) is 0 Å². The molecule has 0 radical (unpaired) electrons. The fourth-order valence-electron chi connectivity index (χ4n) is 1.42. The second-order valence-corrected chi connectivity index (χ2v) is 4.23. The lowest BCUT2D eigenvalue weighted by Crippen LogP contribution is -2.15. The van der Waals surface area contributed by atoms with Crippen LogP contribution in [-0.4, -0.2) is 11.1 Å². The first-order chi connectivity index (χ1) is 5.43.